The number of unbranched alkanes of at least 4 members (excludes halogenated alkanes) is 1. The molecule has 1 heterocycles. The second kappa shape index (κ2) is 8.70. The second-order valence-corrected chi connectivity index (χ2v) is 3.83. The predicted octanol–water partition coefficient (Wildman–Crippen LogP) is 2.02. The van der Waals surface area contributed by atoms with Crippen LogP contribution in [0.5, 0.6) is 0 Å². The van der Waals surface area contributed by atoms with Gasteiger partial charge in [-0.15, -0.1) is 0 Å². The second-order valence-electron chi connectivity index (χ2n) is 3.83. The van der Waals surface area contributed by atoms with Crippen LogP contribution in [0.4, 0.5) is 0 Å². The fourth-order valence-corrected chi connectivity index (χ4v) is 1.36. The van der Waals surface area contributed by atoms with E-state index >= 15 is 0 Å². The number of aromatic nitrogens is 1. The molecule has 1 aromatic rings. The third kappa shape index (κ3) is 6.02. The van der Waals surface area contributed by atoms with Crippen molar-refractivity contribution in [1.82, 2.24) is 10.3 Å². The maximum absolute atomic E-state index is 11.5. The summed E-state index contributed by atoms with van der Waals surface area (Å²) in [6.07, 6.45) is 6.41. The van der Waals surface area contributed by atoms with Gasteiger partial charge in [-0.05, 0) is 38.1 Å². The Morgan fingerprint density at radius 2 is 2.00 bits per heavy atom. The lowest BCUT2D eigenvalue weighted by Gasteiger charge is -2.05. The van der Waals surface area contributed by atoms with E-state index in [4.69, 9.17) is 4.74 Å². The first kappa shape index (κ1) is 13.6. The molecule has 0 fully saturated rings. The van der Waals surface area contributed by atoms with Crippen molar-refractivity contribution in [2.24, 2.45) is 0 Å². The van der Waals surface area contributed by atoms with Gasteiger partial charge in [-0.25, -0.2) is 4.79 Å². The first-order chi connectivity index (χ1) is 8.34. The average molecular weight is 236 g/mol. The summed E-state index contributed by atoms with van der Waals surface area (Å²) >= 11 is 0. The van der Waals surface area contributed by atoms with Gasteiger partial charge >= 0.3 is 5.97 Å². The summed E-state index contributed by atoms with van der Waals surface area (Å²) in [7, 11) is 0. The Balaban J connectivity index is 2.05. The van der Waals surface area contributed by atoms with Crippen LogP contribution in [0.25, 0.3) is 0 Å². The van der Waals surface area contributed by atoms with Gasteiger partial charge in [0.05, 0.1) is 12.2 Å². The molecule has 0 aliphatic rings. The van der Waals surface area contributed by atoms with Crippen LogP contribution < -0.4 is 5.32 Å². The largest absolute Gasteiger partial charge is 0.462 e. The van der Waals surface area contributed by atoms with Gasteiger partial charge in [-0.1, -0.05) is 13.3 Å². The van der Waals surface area contributed by atoms with E-state index in [1.807, 2.05) is 0 Å². The highest BCUT2D eigenvalue weighted by atomic mass is 16.5. The minimum absolute atomic E-state index is 0.277. The number of ether oxygens (including phenoxy) is 1. The van der Waals surface area contributed by atoms with Crippen molar-refractivity contribution in [2.75, 3.05) is 19.7 Å². The molecule has 0 saturated heterocycles. The summed E-state index contributed by atoms with van der Waals surface area (Å²) in [5.74, 6) is -0.277. The molecular weight excluding hydrogens is 216 g/mol. The van der Waals surface area contributed by atoms with Gasteiger partial charge in [0.2, 0.25) is 0 Å². The van der Waals surface area contributed by atoms with Gasteiger partial charge in [0, 0.05) is 12.4 Å². The highest BCUT2D eigenvalue weighted by Gasteiger charge is 2.04. The molecule has 0 spiro atoms. The number of carbonyl (C=O) groups excluding carboxylic acids is 1. The molecule has 4 heteroatoms. The molecule has 0 radical (unpaired) electrons. The van der Waals surface area contributed by atoms with Crippen LogP contribution in [-0.4, -0.2) is 30.6 Å². The van der Waals surface area contributed by atoms with Gasteiger partial charge in [-0.2, -0.15) is 0 Å². The number of nitrogens with one attached hydrogen (secondary N) is 1. The molecular formula is C13H20N2O2. The molecule has 0 aliphatic carbocycles. The molecule has 94 valence electrons. The van der Waals surface area contributed by atoms with Crippen molar-refractivity contribution >= 4 is 5.97 Å². The molecule has 1 aromatic heterocycles. The number of pyridine rings is 1. The highest BCUT2D eigenvalue weighted by molar-refractivity contribution is 5.89. The van der Waals surface area contributed by atoms with Crippen LogP contribution in [-0.2, 0) is 4.74 Å². The number of esters is 1. The summed E-state index contributed by atoms with van der Waals surface area (Å²) in [4.78, 5) is 15.4. The molecule has 0 amide bonds. The van der Waals surface area contributed by atoms with Gasteiger partial charge in [-0.3, -0.25) is 4.98 Å². The van der Waals surface area contributed by atoms with Crippen LogP contribution in [0.1, 0.15) is 36.5 Å². The Labute approximate surface area is 102 Å². The molecule has 0 bridgehead atoms. The summed E-state index contributed by atoms with van der Waals surface area (Å²) in [6.45, 7) is 4.55. The zero-order valence-corrected chi connectivity index (χ0v) is 10.3. The Bertz CT molecular complexity index is 314. The van der Waals surface area contributed by atoms with E-state index in [1.54, 1.807) is 24.5 Å². The quantitative estimate of drug-likeness (QED) is 0.554. The van der Waals surface area contributed by atoms with Crippen LogP contribution in [0.15, 0.2) is 24.5 Å². The van der Waals surface area contributed by atoms with Gasteiger partial charge in [0.1, 0.15) is 0 Å². The van der Waals surface area contributed by atoms with Crippen molar-refractivity contribution in [3.63, 3.8) is 0 Å². The maximum atomic E-state index is 11.5. The summed E-state index contributed by atoms with van der Waals surface area (Å²) in [5, 5.41) is 3.30. The zero-order chi connectivity index (χ0) is 12.3. The van der Waals surface area contributed by atoms with Crippen LogP contribution >= 0.6 is 0 Å². The smallest absolute Gasteiger partial charge is 0.338 e. The lowest BCUT2D eigenvalue weighted by molar-refractivity contribution is 0.0500. The highest BCUT2D eigenvalue weighted by Crippen LogP contribution is 1.99. The fraction of sp³-hybridized carbons (Fsp3) is 0.538. The zero-order valence-electron chi connectivity index (χ0n) is 10.3. The Morgan fingerprint density at radius 1 is 1.29 bits per heavy atom. The minimum atomic E-state index is -0.277. The lowest BCUT2D eigenvalue weighted by Crippen LogP contribution is -2.18. The van der Waals surface area contributed by atoms with Gasteiger partial charge in [0.25, 0.3) is 0 Å². The average Bonchev–Trinajstić information content (AvgIpc) is 2.38. The van der Waals surface area contributed by atoms with E-state index in [0.717, 1.165) is 19.5 Å². The van der Waals surface area contributed by atoms with Crippen LogP contribution in [0, 0.1) is 0 Å². The molecule has 0 aromatic carbocycles. The maximum Gasteiger partial charge on any atom is 0.338 e. The monoisotopic (exact) mass is 236 g/mol. The molecule has 0 atom stereocenters. The number of hydrogen-bond acceptors (Lipinski definition) is 4. The van der Waals surface area contributed by atoms with E-state index in [2.05, 4.69) is 17.2 Å². The summed E-state index contributed by atoms with van der Waals surface area (Å²) in [6, 6.07) is 3.31. The number of rotatable bonds is 8. The van der Waals surface area contributed by atoms with Crippen molar-refractivity contribution in [3.05, 3.63) is 30.1 Å². The molecule has 1 rings (SSSR count). The molecule has 1 N–H and O–H groups in total. The van der Waals surface area contributed by atoms with Gasteiger partial charge in [0.15, 0.2) is 0 Å². The molecule has 0 aliphatic heterocycles. The van der Waals surface area contributed by atoms with Crippen molar-refractivity contribution in [1.29, 1.82) is 0 Å². The lowest BCUT2D eigenvalue weighted by atomic mass is 10.3. The summed E-state index contributed by atoms with van der Waals surface area (Å²) < 4.78 is 5.13. The molecule has 4 nitrogen and oxygen atoms in total. The Kier molecular flexibility index (Phi) is 6.98. The first-order valence-electron chi connectivity index (χ1n) is 6.12. The predicted molar refractivity (Wildman–Crippen MR) is 66.9 cm³/mol. The standard InChI is InChI=1S/C13H20N2O2/c1-2-3-7-14-8-4-11-17-13(16)12-5-9-15-10-6-12/h5-6,9-10,14H,2-4,7-8,11H2,1H3. The van der Waals surface area contributed by atoms with Crippen LogP contribution in [0.2, 0.25) is 0 Å². The number of hydrogen-bond donors (Lipinski definition) is 1. The van der Waals surface area contributed by atoms with Crippen molar-refractivity contribution < 1.29 is 9.53 Å². The van der Waals surface area contributed by atoms with Crippen molar-refractivity contribution in [2.45, 2.75) is 26.2 Å². The van der Waals surface area contributed by atoms with E-state index in [1.165, 1.54) is 12.8 Å². The summed E-state index contributed by atoms with van der Waals surface area (Å²) in [5.41, 5.74) is 0.555. The Hall–Kier alpha value is -1.42. The molecule has 0 saturated carbocycles. The Morgan fingerprint density at radius 3 is 2.71 bits per heavy atom. The normalized spacial score (nSPS) is 10.2. The first-order valence-corrected chi connectivity index (χ1v) is 6.12. The minimum Gasteiger partial charge on any atom is -0.462 e. The van der Waals surface area contributed by atoms with Crippen LogP contribution in [0.3, 0.4) is 0 Å². The van der Waals surface area contributed by atoms with E-state index in [9.17, 15) is 4.79 Å². The number of nitrogens with zero attached hydrogens (tertiary/aromatic N) is 1. The van der Waals surface area contributed by atoms with E-state index in [-0.39, 0.29) is 5.97 Å². The SMILES string of the molecule is CCCCNCCCOC(=O)c1ccncc1. The third-order valence-electron chi connectivity index (χ3n) is 2.35. The molecule has 17 heavy (non-hydrogen) atoms. The van der Waals surface area contributed by atoms with Gasteiger partial charge < -0.3 is 10.1 Å². The fourth-order valence-electron chi connectivity index (χ4n) is 1.36. The van der Waals surface area contributed by atoms with E-state index < -0.39 is 0 Å². The third-order valence-corrected chi connectivity index (χ3v) is 2.35. The molecule has 0 unspecified atom stereocenters. The topological polar surface area (TPSA) is 51.2 Å². The number of carbonyl (C=O) groups is 1. The van der Waals surface area contributed by atoms with E-state index in [0.29, 0.717) is 12.2 Å². The van der Waals surface area contributed by atoms with Crippen molar-refractivity contribution in [3.8, 4) is 0 Å².